The molecule has 0 aromatic carbocycles. The minimum Gasteiger partial charge on any atom is -0.478 e. The maximum absolute atomic E-state index is 9.25. The molecule has 0 saturated heterocycles. The maximum atomic E-state index is 9.25. The third kappa shape index (κ3) is 217. The lowest BCUT2D eigenvalue weighted by atomic mass is 10.7. The van der Waals surface area contributed by atoms with Crippen molar-refractivity contribution in [2.45, 2.75) is 0 Å². The Labute approximate surface area is 84.2 Å². The lowest BCUT2D eigenvalue weighted by Gasteiger charge is -1.64. The summed E-state index contributed by atoms with van der Waals surface area (Å²) in [6.07, 6.45) is 1.67. The number of carboxylic acids is 2. The van der Waals surface area contributed by atoms with Gasteiger partial charge in [-0.15, -0.1) is 26.3 Å². The van der Waals surface area contributed by atoms with Crippen molar-refractivity contribution in [2.75, 3.05) is 0 Å². The van der Waals surface area contributed by atoms with Gasteiger partial charge in [0.1, 0.15) is 0 Å². The fraction of sp³-hybridized carbons (Fsp3) is 0. The van der Waals surface area contributed by atoms with Crippen LogP contribution < -0.4 is 0 Å². The van der Waals surface area contributed by atoms with Crippen molar-refractivity contribution >= 4 is 11.9 Å². The highest BCUT2D eigenvalue weighted by molar-refractivity contribution is 5.79. The van der Waals surface area contributed by atoms with Gasteiger partial charge in [0, 0.05) is 12.2 Å². The third-order valence-corrected chi connectivity index (χ3v) is 0.349. The first-order valence-corrected chi connectivity index (χ1v) is 3.25. The molecule has 0 saturated carbocycles. The quantitative estimate of drug-likeness (QED) is 0.529. The summed E-state index contributed by atoms with van der Waals surface area (Å²) in [5.74, 6) is -1.96. The monoisotopic (exact) mass is 200 g/mol. The van der Waals surface area contributed by atoms with Gasteiger partial charge in [0.15, 0.2) is 0 Å². The molecule has 0 spiro atoms. The van der Waals surface area contributed by atoms with Crippen molar-refractivity contribution < 1.29 is 19.8 Å². The fourth-order valence-electron chi connectivity index (χ4n) is 0. The van der Waals surface area contributed by atoms with E-state index < -0.39 is 11.9 Å². The number of carbonyl (C=O) groups is 2. The van der Waals surface area contributed by atoms with Gasteiger partial charge in [-0.2, -0.15) is 0 Å². The summed E-state index contributed by atoms with van der Waals surface area (Å²) in [5, 5.41) is 15.2. The molecule has 80 valence electrons. The molecule has 0 bridgehead atoms. The molecular formula is C10H16O4. The van der Waals surface area contributed by atoms with Crippen molar-refractivity contribution in [3.63, 3.8) is 0 Å². The van der Waals surface area contributed by atoms with E-state index in [0.717, 1.165) is 12.2 Å². The molecule has 14 heavy (non-hydrogen) atoms. The van der Waals surface area contributed by atoms with Crippen LogP contribution in [0.3, 0.4) is 0 Å². The first kappa shape index (κ1) is 22.7. The molecule has 0 aliphatic heterocycles. The second kappa shape index (κ2) is 30.7. The SMILES string of the molecule is C=C.C=C.C=CC(=O)O.C=CC(=O)O. The third-order valence-electron chi connectivity index (χ3n) is 0.349. The van der Waals surface area contributed by atoms with Gasteiger partial charge in [0.05, 0.1) is 0 Å². The van der Waals surface area contributed by atoms with E-state index in [1.807, 2.05) is 0 Å². The van der Waals surface area contributed by atoms with E-state index in [4.69, 9.17) is 10.2 Å². The average molecular weight is 200 g/mol. The number of hydrogen-bond donors (Lipinski definition) is 2. The molecule has 0 radical (unpaired) electrons. The molecule has 0 atom stereocenters. The molecule has 0 heterocycles. The van der Waals surface area contributed by atoms with Gasteiger partial charge in [-0.3, -0.25) is 0 Å². The van der Waals surface area contributed by atoms with Gasteiger partial charge in [-0.1, -0.05) is 13.2 Å². The van der Waals surface area contributed by atoms with Crippen LogP contribution in [-0.2, 0) is 9.59 Å². The summed E-state index contributed by atoms with van der Waals surface area (Å²) in [7, 11) is 0. The summed E-state index contributed by atoms with van der Waals surface area (Å²) < 4.78 is 0. The summed E-state index contributed by atoms with van der Waals surface area (Å²) in [4.78, 5) is 18.5. The van der Waals surface area contributed by atoms with E-state index in [-0.39, 0.29) is 0 Å². The Kier molecular flexibility index (Phi) is 49.7. The van der Waals surface area contributed by atoms with Crippen molar-refractivity contribution in [3.8, 4) is 0 Å². The van der Waals surface area contributed by atoms with Crippen LogP contribution in [0.15, 0.2) is 51.6 Å². The van der Waals surface area contributed by atoms with Crippen LogP contribution in [0.5, 0.6) is 0 Å². The second-order valence-electron chi connectivity index (χ2n) is 1.08. The zero-order valence-electron chi connectivity index (χ0n) is 8.11. The van der Waals surface area contributed by atoms with Gasteiger partial charge in [0.2, 0.25) is 0 Å². The molecule has 0 unspecified atom stereocenters. The fourth-order valence-corrected chi connectivity index (χ4v) is 0. The Hall–Kier alpha value is -2.10. The summed E-state index contributed by atoms with van der Waals surface area (Å²) in [6, 6.07) is 0. The smallest absolute Gasteiger partial charge is 0.327 e. The Balaban J connectivity index is -0.0000000528. The Morgan fingerprint density at radius 2 is 0.857 bits per heavy atom. The Morgan fingerprint density at radius 3 is 0.857 bits per heavy atom. The van der Waals surface area contributed by atoms with E-state index in [1.54, 1.807) is 0 Å². The zero-order chi connectivity index (χ0) is 12.6. The predicted molar refractivity (Wildman–Crippen MR) is 58.2 cm³/mol. The van der Waals surface area contributed by atoms with Gasteiger partial charge < -0.3 is 10.2 Å². The molecule has 0 aliphatic carbocycles. The summed E-state index contributed by atoms with van der Waals surface area (Å²) in [5.41, 5.74) is 0. The first-order valence-electron chi connectivity index (χ1n) is 3.25. The molecule has 4 nitrogen and oxygen atoms in total. The van der Waals surface area contributed by atoms with E-state index in [1.165, 1.54) is 0 Å². The minimum atomic E-state index is -0.981. The standard InChI is InChI=1S/2C3H4O2.2C2H4/c2*1-2-3(4)5;2*1-2/h2*2H,1H2,(H,4,5);2*1-2H2. The van der Waals surface area contributed by atoms with Crippen molar-refractivity contribution in [3.05, 3.63) is 51.6 Å². The molecule has 0 aliphatic rings. The van der Waals surface area contributed by atoms with Crippen LogP contribution in [0.25, 0.3) is 0 Å². The van der Waals surface area contributed by atoms with Crippen LogP contribution in [0.2, 0.25) is 0 Å². The summed E-state index contributed by atoms with van der Waals surface area (Å²) in [6.45, 7) is 17.9. The topological polar surface area (TPSA) is 74.6 Å². The van der Waals surface area contributed by atoms with Crippen molar-refractivity contribution in [1.29, 1.82) is 0 Å². The van der Waals surface area contributed by atoms with Crippen LogP contribution in [0, 0.1) is 0 Å². The van der Waals surface area contributed by atoms with Gasteiger partial charge in [-0.05, 0) is 0 Å². The molecule has 0 rings (SSSR count). The average Bonchev–Trinajstić information content (AvgIpc) is 2.24. The zero-order valence-corrected chi connectivity index (χ0v) is 8.11. The predicted octanol–water partition coefficient (Wildman–Crippen LogP) is 2.12. The molecule has 0 amide bonds. The first-order chi connectivity index (χ1) is 6.54. The van der Waals surface area contributed by atoms with Crippen LogP contribution >= 0.6 is 0 Å². The Bertz CT molecular complexity index is 153. The minimum absolute atomic E-state index is 0.833. The molecule has 4 heteroatoms. The maximum Gasteiger partial charge on any atom is 0.327 e. The normalized spacial score (nSPS) is 5.14. The van der Waals surface area contributed by atoms with Crippen LogP contribution in [0.4, 0.5) is 0 Å². The highest BCUT2D eigenvalue weighted by Crippen LogP contribution is 1.55. The number of rotatable bonds is 2. The second-order valence-corrected chi connectivity index (χ2v) is 1.08. The summed E-state index contributed by atoms with van der Waals surface area (Å²) >= 11 is 0. The number of hydrogen-bond acceptors (Lipinski definition) is 2. The van der Waals surface area contributed by atoms with Crippen molar-refractivity contribution in [1.82, 2.24) is 0 Å². The van der Waals surface area contributed by atoms with E-state index >= 15 is 0 Å². The molecular weight excluding hydrogens is 184 g/mol. The van der Waals surface area contributed by atoms with Crippen LogP contribution in [0.1, 0.15) is 0 Å². The molecule has 0 fully saturated rings. The number of carboxylic acid groups (broad SMARTS) is 2. The molecule has 0 aromatic rings. The molecule has 0 aromatic heterocycles. The number of aliphatic carboxylic acids is 2. The van der Waals surface area contributed by atoms with Crippen LogP contribution in [-0.4, -0.2) is 22.2 Å². The van der Waals surface area contributed by atoms with E-state index in [0.29, 0.717) is 0 Å². The van der Waals surface area contributed by atoms with Crippen molar-refractivity contribution in [2.24, 2.45) is 0 Å². The molecule has 2 N–H and O–H groups in total. The highest BCUT2D eigenvalue weighted by atomic mass is 16.4. The van der Waals surface area contributed by atoms with Gasteiger partial charge >= 0.3 is 11.9 Å². The highest BCUT2D eigenvalue weighted by Gasteiger charge is 1.73. The van der Waals surface area contributed by atoms with Gasteiger partial charge in [0.25, 0.3) is 0 Å². The van der Waals surface area contributed by atoms with E-state index in [9.17, 15) is 9.59 Å². The lowest BCUT2D eigenvalue weighted by Crippen LogP contribution is -1.82. The lowest BCUT2D eigenvalue weighted by molar-refractivity contribution is -0.132. The Morgan fingerprint density at radius 1 is 0.786 bits per heavy atom. The van der Waals surface area contributed by atoms with Gasteiger partial charge in [-0.25, -0.2) is 9.59 Å². The largest absolute Gasteiger partial charge is 0.478 e. The van der Waals surface area contributed by atoms with E-state index in [2.05, 4.69) is 39.5 Å².